The summed E-state index contributed by atoms with van der Waals surface area (Å²) in [6, 6.07) is 11.7. The average molecular weight is 273 g/mol. The molecule has 0 fully saturated rings. The van der Waals surface area contributed by atoms with E-state index in [0.717, 1.165) is 0 Å². The molecule has 1 nitrogen and oxygen atoms in total. The lowest BCUT2D eigenvalue weighted by molar-refractivity contribution is 0.493. The summed E-state index contributed by atoms with van der Waals surface area (Å²) in [6.45, 7) is 11.1. The second kappa shape index (κ2) is 5.89. The molecule has 1 unspecified atom stereocenters. The smallest absolute Gasteiger partial charge is 0.0308 e. The molecule has 0 amide bonds. The Morgan fingerprint density at radius 2 is 1.58 bits per heavy atom. The van der Waals surface area contributed by atoms with Crippen LogP contribution in [0.4, 0.5) is 0 Å². The Kier molecular flexibility index (Phi) is 4.43. The lowest BCUT2D eigenvalue weighted by Crippen LogP contribution is -2.23. The van der Waals surface area contributed by atoms with E-state index < -0.39 is 0 Å². The molecule has 102 valence electrons. The highest BCUT2D eigenvalue weighted by Crippen LogP contribution is 2.28. The van der Waals surface area contributed by atoms with E-state index in [1.165, 1.54) is 26.4 Å². The molecule has 0 aliphatic carbocycles. The van der Waals surface area contributed by atoms with Gasteiger partial charge >= 0.3 is 0 Å². The molecule has 0 aliphatic heterocycles. The van der Waals surface area contributed by atoms with Gasteiger partial charge < -0.3 is 5.32 Å². The molecule has 0 bridgehead atoms. The minimum Gasteiger partial charge on any atom is -0.304 e. The summed E-state index contributed by atoms with van der Waals surface area (Å²) >= 11 is 1.88. The summed E-state index contributed by atoms with van der Waals surface area (Å²) in [7, 11) is 0. The lowest BCUT2D eigenvalue weighted by atomic mass is 10.0. The van der Waals surface area contributed by atoms with Crippen molar-refractivity contribution in [1.29, 1.82) is 0 Å². The topological polar surface area (TPSA) is 12.0 Å². The minimum atomic E-state index is 0.371. The SMILES string of the molecule is Cc1cc(C(C)N[C@H](C)c2ccccc2C)c(C)s1. The first-order valence-electron chi connectivity index (χ1n) is 6.87. The van der Waals surface area contributed by atoms with Crippen LogP contribution in [0.1, 0.15) is 52.4 Å². The van der Waals surface area contributed by atoms with Gasteiger partial charge in [-0.05, 0) is 57.4 Å². The van der Waals surface area contributed by atoms with Crippen LogP contribution >= 0.6 is 11.3 Å². The van der Waals surface area contributed by atoms with Crippen LogP contribution in [0.15, 0.2) is 30.3 Å². The normalized spacial score (nSPS) is 14.4. The number of thiophene rings is 1. The lowest BCUT2D eigenvalue weighted by Gasteiger charge is -2.22. The minimum absolute atomic E-state index is 0.371. The highest BCUT2D eigenvalue weighted by Gasteiger charge is 2.15. The molecule has 2 heteroatoms. The summed E-state index contributed by atoms with van der Waals surface area (Å²) in [4.78, 5) is 2.82. The van der Waals surface area contributed by atoms with Gasteiger partial charge in [-0.2, -0.15) is 0 Å². The summed E-state index contributed by atoms with van der Waals surface area (Å²) in [6.07, 6.45) is 0. The maximum absolute atomic E-state index is 3.71. The van der Waals surface area contributed by atoms with Crippen LogP contribution in [-0.2, 0) is 0 Å². The third kappa shape index (κ3) is 3.26. The third-order valence-corrected chi connectivity index (χ3v) is 4.68. The highest BCUT2D eigenvalue weighted by atomic mass is 32.1. The van der Waals surface area contributed by atoms with E-state index in [-0.39, 0.29) is 0 Å². The molecule has 0 spiro atoms. The van der Waals surface area contributed by atoms with Crippen molar-refractivity contribution in [2.75, 3.05) is 0 Å². The monoisotopic (exact) mass is 273 g/mol. The number of rotatable bonds is 4. The molecule has 0 aliphatic rings. The van der Waals surface area contributed by atoms with Gasteiger partial charge in [0.25, 0.3) is 0 Å². The zero-order chi connectivity index (χ0) is 14.0. The Morgan fingerprint density at radius 1 is 0.947 bits per heavy atom. The van der Waals surface area contributed by atoms with Crippen molar-refractivity contribution >= 4 is 11.3 Å². The third-order valence-electron chi connectivity index (χ3n) is 3.70. The number of benzene rings is 1. The quantitative estimate of drug-likeness (QED) is 0.818. The first kappa shape index (κ1) is 14.3. The van der Waals surface area contributed by atoms with Crippen molar-refractivity contribution < 1.29 is 0 Å². The Balaban J connectivity index is 2.13. The van der Waals surface area contributed by atoms with Crippen molar-refractivity contribution in [1.82, 2.24) is 5.32 Å². The molecule has 0 saturated carbocycles. The molecule has 2 rings (SSSR count). The molecule has 0 saturated heterocycles. The number of nitrogens with one attached hydrogen (secondary N) is 1. The zero-order valence-electron chi connectivity index (χ0n) is 12.4. The summed E-state index contributed by atoms with van der Waals surface area (Å²) in [5.41, 5.74) is 4.18. The van der Waals surface area contributed by atoms with Gasteiger partial charge in [0.1, 0.15) is 0 Å². The van der Waals surface area contributed by atoms with Gasteiger partial charge in [0, 0.05) is 21.8 Å². The van der Waals surface area contributed by atoms with Gasteiger partial charge in [-0.3, -0.25) is 0 Å². The molecule has 0 radical (unpaired) electrons. The van der Waals surface area contributed by atoms with Crippen molar-refractivity contribution in [2.45, 2.75) is 46.7 Å². The van der Waals surface area contributed by atoms with Crippen LogP contribution in [0.5, 0.6) is 0 Å². The Hall–Kier alpha value is -1.12. The van der Waals surface area contributed by atoms with Gasteiger partial charge in [-0.25, -0.2) is 0 Å². The van der Waals surface area contributed by atoms with Gasteiger partial charge in [0.05, 0.1) is 0 Å². The standard InChI is InChI=1S/C17H23NS/c1-11-8-6-7-9-16(11)13(3)18-14(4)17-10-12(2)19-15(17)5/h6-10,13-14,18H,1-5H3/t13-,14?/m1/s1. The molecule has 19 heavy (non-hydrogen) atoms. The van der Waals surface area contributed by atoms with Gasteiger partial charge in [0.15, 0.2) is 0 Å². The Labute approximate surface area is 120 Å². The highest BCUT2D eigenvalue weighted by molar-refractivity contribution is 7.12. The fourth-order valence-electron chi connectivity index (χ4n) is 2.71. The molecule has 1 N–H and O–H groups in total. The molecule has 1 aromatic heterocycles. The average Bonchev–Trinajstić information content (AvgIpc) is 2.69. The van der Waals surface area contributed by atoms with E-state index in [0.29, 0.717) is 12.1 Å². The molecule has 1 heterocycles. The van der Waals surface area contributed by atoms with Crippen LogP contribution in [0.2, 0.25) is 0 Å². The number of aryl methyl sites for hydroxylation is 3. The number of hydrogen-bond donors (Lipinski definition) is 1. The molecule has 1 aromatic carbocycles. The van der Waals surface area contributed by atoms with Crippen LogP contribution in [-0.4, -0.2) is 0 Å². The van der Waals surface area contributed by atoms with Gasteiger partial charge in [-0.15, -0.1) is 11.3 Å². The van der Waals surface area contributed by atoms with Crippen LogP contribution in [0, 0.1) is 20.8 Å². The largest absolute Gasteiger partial charge is 0.304 e. The van der Waals surface area contributed by atoms with E-state index in [4.69, 9.17) is 0 Å². The van der Waals surface area contributed by atoms with E-state index in [1.807, 2.05) is 11.3 Å². The summed E-state index contributed by atoms with van der Waals surface area (Å²) in [5, 5.41) is 3.71. The van der Waals surface area contributed by atoms with Crippen LogP contribution < -0.4 is 5.32 Å². The molecule has 2 atom stereocenters. The maximum Gasteiger partial charge on any atom is 0.0308 e. The first-order chi connectivity index (χ1) is 8.99. The predicted molar refractivity (Wildman–Crippen MR) is 84.9 cm³/mol. The predicted octanol–water partition coefficient (Wildman–Crippen LogP) is 5.09. The first-order valence-corrected chi connectivity index (χ1v) is 7.69. The Morgan fingerprint density at radius 3 is 2.16 bits per heavy atom. The zero-order valence-corrected chi connectivity index (χ0v) is 13.3. The van der Waals surface area contributed by atoms with Crippen molar-refractivity contribution in [3.8, 4) is 0 Å². The fourth-order valence-corrected chi connectivity index (χ4v) is 3.73. The molecule has 2 aromatic rings. The van der Waals surface area contributed by atoms with Crippen molar-refractivity contribution in [3.63, 3.8) is 0 Å². The van der Waals surface area contributed by atoms with Gasteiger partial charge in [-0.1, -0.05) is 24.3 Å². The van der Waals surface area contributed by atoms with Crippen LogP contribution in [0.3, 0.4) is 0 Å². The molecular weight excluding hydrogens is 250 g/mol. The second-order valence-electron chi connectivity index (χ2n) is 5.34. The molecular formula is C17H23NS. The van der Waals surface area contributed by atoms with Crippen LogP contribution in [0.25, 0.3) is 0 Å². The Bertz CT molecular complexity index is 556. The van der Waals surface area contributed by atoms with Crippen molar-refractivity contribution in [3.05, 3.63) is 56.8 Å². The van der Waals surface area contributed by atoms with E-state index in [2.05, 4.69) is 70.3 Å². The van der Waals surface area contributed by atoms with E-state index in [9.17, 15) is 0 Å². The summed E-state index contributed by atoms with van der Waals surface area (Å²) in [5.74, 6) is 0. The second-order valence-corrected chi connectivity index (χ2v) is 6.80. The summed E-state index contributed by atoms with van der Waals surface area (Å²) < 4.78 is 0. The van der Waals surface area contributed by atoms with Gasteiger partial charge in [0.2, 0.25) is 0 Å². The van der Waals surface area contributed by atoms with E-state index >= 15 is 0 Å². The van der Waals surface area contributed by atoms with Crippen molar-refractivity contribution in [2.24, 2.45) is 0 Å². The van der Waals surface area contributed by atoms with E-state index in [1.54, 1.807) is 0 Å². The maximum atomic E-state index is 3.71. The fraction of sp³-hybridized carbons (Fsp3) is 0.412. The number of hydrogen-bond acceptors (Lipinski definition) is 2.